The molecule has 0 heterocycles. The van der Waals surface area contributed by atoms with Crippen molar-refractivity contribution in [2.75, 3.05) is 19.8 Å². The topological polar surface area (TPSA) is 125 Å². The minimum absolute atomic E-state index is 0.0658. The lowest BCUT2D eigenvalue weighted by Gasteiger charge is -2.08. The van der Waals surface area contributed by atoms with Crippen LogP contribution in [0.25, 0.3) is 0 Å². The molecule has 0 aliphatic rings. The zero-order valence-electron chi connectivity index (χ0n) is 12.8. The summed E-state index contributed by atoms with van der Waals surface area (Å²) in [5.41, 5.74) is 4.90. The first-order chi connectivity index (χ1) is 10.8. The summed E-state index contributed by atoms with van der Waals surface area (Å²) in [5, 5.41) is 0. The van der Waals surface area contributed by atoms with Crippen LogP contribution < -0.4 is 15.2 Å². The predicted molar refractivity (Wildman–Crippen MR) is 82.2 cm³/mol. The van der Waals surface area contributed by atoms with Gasteiger partial charge in [0.15, 0.2) is 0 Å². The van der Waals surface area contributed by atoms with Crippen molar-refractivity contribution in [2.24, 2.45) is 5.73 Å². The highest BCUT2D eigenvalue weighted by atomic mass is 32.2. The van der Waals surface area contributed by atoms with Crippen LogP contribution in [0.4, 0.5) is 0 Å². The molecule has 0 radical (unpaired) electrons. The number of nitrogens with one attached hydrogen (secondary N) is 1. The summed E-state index contributed by atoms with van der Waals surface area (Å²) in [6.45, 7) is 2.10. The average Bonchev–Trinajstić information content (AvgIpc) is 2.47. The predicted octanol–water partition coefficient (Wildman–Crippen LogP) is 0.172. The van der Waals surface area contributed by atoms with E-state index in [1.165, 1.54) is 12.1 Å². The zero-order valence-corrected chi connectivity index (χ0v) is 13.6. The highest BCUT2D eigenvalue weighted by molar-refractivity contribution is 7.89. The first-order valence-electron chi connectivity index (χ1n) is 7.01. The Kier molecular flexibility index (Phi) is 7.49. The lowest BCUT2D eigenvalue weighted by atomic mass is 10.3. The molecule has 9 heteroatoms. The number of nitrogens with two attached hydrogens (primary N) is 1. The number of primary amides is 1. The number of ether oxygens (including phenoxy) is 2. The maximum atomic E-state index is 12.0. The maximum absolute atomic E-state index is 12.0. The van der Waals surface area contributed by atoms with Gasteiger partial charge in [-0.1, -0.05) is 0 Å². The lowest BCUT2D eigenvalue weighted by Crippen LogP contribution is -2.27. The van der Waals surface area contributed by atoms with Gasteiger partial charge in [0.1, 0.15) is 12.4 Å². The van der Waals surface area contributed by atoms with Crippen LogP contribution in [-0.2, 0) is 24.3 Å². The Labute approximate surface area is 135 Å². The molecule has 0 bridgehead atoms. The van der Waals surface area contributed by atoms with Gasteiger partial charge in [-0.3, -0.25) is 9.59 Å². The summed E-state index contributed by atoms with van der Waals surface area (Å²) >= 11 is 0. The van der Waals surface area contributed by atoms with E-state index >= 15 is 0 Å². The van der Waals surface area contributed by atoms with Crippen LogP contribution in [0.3, 0.4) is 0 Å². The number of carbonyl (C=O) groups excluding carboxylic acids is 2. The Balaban J connectivity index is 2.43. The minimum Gasteiger partial charge on any atom is -0.494 e. The third-order valence-electron chi connectivity index (χ3n) is 2.68. The Hall–Kier alpha value is -2.13. The molecule has 0 atom stereocenters. The van der Waals surface area contributed by atoms with Gasteiger partial charge < -0.3 is 15.2 Å². The smallest absolute Gasteiger partial charge is 0.307 e. The normalized spacial score (nSPS) is 11.0. The molecular formula is C14H20N2O6S. The molecule has 0 saturated carbocycles. The van der Waals surface area contributed by atoms with Gasteiger partial charge in [-0.2, -0.15) is 0 Å². The molecule has 23 heavy (non-hydrogen) atoms. The lowest BCUT2D eigenvalue weighted by molar-refractivity contribution is -0.144. The number of hydrogen-bond acceptors (Lipinski definition) is 6. The van der Waals surface area contributed by atoms with Gasteiger partial charge in [-0.05, 0) is 31.2 Å². The molecule has 3 N–H and O–H groups in total. The van der Waals surface area contributed by atoms with Crippen molar-refractivity contribution in [1.82, 2.24) is 4.72 Å². The summed E-state index contributed by atoms with van der Waals surface area (Å²) in [5.74, 6) is -0.612. The standard InChI is InChI=1S/C14H20N2O6S/c1-2-21-11-3-5-12(6-4-11)23(19,20)16-9-7-14(18)22-10-8-13(15)17/h3-6,16H,2,7-10H2,1H3,(H2,15,17). The van der Waals surface area contributed by atoms with E-state index in [0.717, 1.165) is 0 Å². The van der Waals surface area contributed by atoms with Crippen molar-refractivity contribution < 1.29 is 27.5 Å². The van der Waals surface area contributed by atoms with E-state index in [2.05, 4.69) is 4.72 Å². The van der Waals surface area contributed by atoms with Crippen molar-refractivity contribution in [3.63, 3.8) is 0 Å². The number of rotatable bonds is 10. The van der Waals surface area contributed by atoms with Crippen LogP contribution in [0.5, 0.6) is 5.75 Å². The number of carbonyl (C=O) groups is 2. The molecular weight excluding hydrogens is 324 g/mol. The Bertz CT molecular complexity index is 627. The van der Waals surface area contributed by atoms with Gasteiger partial charge in [0.05, 0.1) is 24.3 Å². The van der Waals surface area contributed by atoms with Crippen LogP contribution in [0.1, 0.15) is 19.8 Å². The molecule has 1 amide bonds. The van der Waals surface area contributed by atoms with Gasteiger partial charge in [0, 0.05) is 6.54 Å². The minimum atomic E-state index is -3.71. The van der Waals surface area contributed by atoms with Crippen LogP contribution >= 0.6 is 0 Å². The monoisotopic (exact) mass is 344 g/mol. The summed E-state index contributed by atoms with van der Waals surface area (Å²) in [6.07, 6.45) is -0.210. The van der Waals surface area contributed by atoms with E-state index in [1.54, 1.807) is 12.1 Å². The van der Waals surface area contributed by atoms with Crippen molar-refractivity contribution >= 4 is 21.9 Å². The van der Waals surface area contributed by atoms with Gasteiger partial charge in [-0.25, -0.2) is 13.1 Å². The molecule has 128 valence electrons. The van der Waals surface area contributed by atoms with E-state index in [0.29, 0.717) is 12.4 Å². The highest BCUT2D eigenvalue weighted by Gasteiger charge is 2.14. The largest absolute Gasteiger partial charge is 0.494 e. The first-order valence-corrected chi connectivity index (χ1v) is 8.50. The number of sulfonamides is 1. The average molecular weight is 344 g/mol. The number of amides is 1. The third-order valence-corrected chi connectivity index (χ3v) is 4.15. The van der Waals surface area contributed by atoms with Crippen LogP contribution in [-0.4, -0.2) is 40.1 Å². The number of benzene rings is 1. The molecule has 0 aliphatic heterocycles. The van der Waals surface area contributed by atoms with Gasteiger partial charge in [0.25, 0.3) is 0 Å². The van der Waals surface area contributed by atoms with Crippen LogP contribution in [0.2, 0.25) is 0 Å². The van der Waals surface area contributed by atoms with Gasteiger partial charge in [0.2, 0.25) is 15.9 Å². The molecule has 1 aromatic carbocycles. The Morgan fingerprint density at radius 2 is 1.83 bits per heavy atom. The van der Waals surface area contributed by atoms with Crippen LogP contribution in [0.15, 0.2) is 29.2 Å². The number of esters is 1. The highest BCUT2D eigenvalue weighted by Crippen LogP contribution is 2.15. The maximum Gasteiger partial charge on any atom is 0.307 e. The second-order valence-corrected chi connectivity index (χ2v) is 6.26. The van der Waals surface area contributed by atoms with Crippen molar-refractivity contribution in [3.05, 3.63) is 24.3 Å². The summed E-state index contributed by atoms with van der Waals surface area (Å²) in [4.78, 5) is 21.9. The van der Waals surface area contributed by atoms with Crippen molar-refractivity contribution in [1.29, 1.82) is 0 Å². The first kappa shape index (κ1) is 18.9. The molecule has 0 fully saturated rings. The fourth-order valence-corrected chi connectivity index (χ4v) is 2.62. The van der Waals surface area contributed by atoms with E-state index in [-0.39, 0.29) is 30.9 Å². The second kappa shape index (κ2) is 9.11. The third kappa shape index (κ3) is 7.11. The van der Waals surface area contributed by atoms with Crippen molar-refractivity contribution in [3.8, 4) is 5.75 Å². The molecule has 0 aromatic heterocycles. The summed E-state index contributed by atoms with van der Waals surface area (Å²) in [7, 11) is -3.71. The van der Waals surface area contributed by atoms with Crippen LogP contribution in [0, 0.1) is 0 Å². The van der Waals surface area contributed by atoms with E-state index in [1.807, 2.05) is 6.92 Å². The molecule has 0 unspecified atom stereocenters. The van der Waals surface area contributed by atoms with E-state index < -0.39 is 21.9 Å². The van der Waals surface area contributed by atoms with Crippen molar-refractivity contribution in [2.45, 2.75) is 24.7 Å². The van der Waals surface area contributed by atoms with Gasteiger partial charge >= 0.3 is 5.97 Å². The molecule has 1 rings (SSSR count). The van der Waals surface area contributed by atoms with E-state index in [4.69, 9.17) is 15.2 Å². The summed E-state index contributed by atoms with van der Waals surface area (Å²) < 4.78 is 36.3. The molecule has 0 saturated heterocycles. The molecule has 1 aromatic rings. The van der Waals surface area contributed by atoms with Gasteiger partial charge in [-0.15, -0.1) is 0 Å². The fourth-order valence-electron chi connectivity index (χ4n) is 1.59. The fraction of sp³-hybridized carbons (Fsp3) is 0.429. The van der Waals surface area contributed by atoms with E-state index in [9.17, 15) is 18.0 Å². The quantitative estimate of drug-likeness (QED) is 0.583. The Morgan fingerprint density at radius 3 is 2.39 bits per heavy atom. The SMILES string of the molecule is CCOc1ccc(S(=O)(=O)NCCC(=O)OCCC(N)=O)cc1. The summed E-state index contributed by atoms with van der Waals surface area (Å²) in [6, 6.07) is 5.93. The zero-order chi connectivity index (χ0) is 17.3. The molecule has 8 nitrogen and oxygen atoms in total. The second-order valence-electron chi connectivity index (χ2n) is 4.49. The number of hydrogen-bond donors (Lipinski definition) is 2. The Morgan fingerprint density at radius 1 is 1.17 bits per heavy atom. The molecule has 0 spiro atoms. The molecule has 0 aliphatic carbocycles.